The molecule has 0 saturated heterocycles. The highest BCUT2D eigenvalue weighted by Gasteiger charge is 2.11. The number of amides is 1. The molecule has 1 aromatic rings. The molecule has 1 unspecified atom stereocenters. The van der Waals surface area contributed by atoms with Crippen LogP contribution in [0.25, 0.3) is 0 Å². The highest BCUT2D eigenvalue weighted by atomic mass is 16.1. The Kier molecular flexibility index (Phi) is 5.69. The molecule has 1 atom stereocenters. The van der Waals surface area contributed by atoms with Crippen LogP contribution in [0.15, 0.2) is 18.2 Å². The fraction of sp³-hybridized carbons (Fsp3) is 0.533. The van der Waals surface area contributed by atoms with Crippen molar-refractivity contribution in [2.75, 3.05) is 12.4 Å². The molecule has 0 spiro atoms. The van der Waals surface area contributed by atoms with Crippen molar-refractivity contribution in [1.29, 1.82) is 0 Å². The molecule has 3 heteroatoms. The molecule has 0 fully saturated rings. The Morgan fingerprint density at radius 1 is 1.39 bits per heavy atom. The number of hydrogen-bond acceptors (Lipinski definition) is 2. The van der Waals surface area contributed by atoms with E-state index in [1.54, 1.807) is 0 Å². The van der Waals surface area contributed by atoms with Gasteiger partial charge in [-0.3, -0.25) is 4.79 Å². The van der Waals surface area contributed by atoms with E-state index in [4.69, 9.17) is 0 Å². The van der Waals surface area contributed by atoms with E-state index < -0.39 is 0 Å². The van der Waals surface area contributed by atoms with Crippen LogP contribution in [0.4, 0.5) is 5.69 Å². The average molecular weight is 248 g/mol. The van der Waals surface area contributed by atoms with Gasteiger partial charge in [0.25, 0.3) is 5.91 Å². The van der Waals surface area contributed by atoms with E-state index in [2.05, 4.69) is 24.5 Å². The summed E-state index contributed by atoms with van der Waals surface area (Å²) in [5.74, 6) is 0.0266. The predicted molar refractivity (Wildman–Crippen MR) is 77.2 cm³/mol. The van der Waals surface area contributed by atoms with Crippen LogP contribution in [0.2, 0.25) is 0 Å². The van der Waals surface area contributed by atoms with Gasteiger partial charge >= 0.3 is 0 Å². The topological polar surface area (TPSA) is 41.1 Å². The average Bonchev–Trinajstić information content (AvgIpc) is 2.35. The SMILES string of the molecule is CCCCC(C)NC(=O)c1ccc(NC)cc1C. The molecule has 0 radical (unpaired) electrons. The van der Waals surface area contributed by atoms with Crippen LogP contribution in [0.3, 0.4) is 0 Å². The summed E-state index contributed by atoms with van der Waals surface area (Å²) in [6, 6.07) is 6.04. The second kappa shape index (κ2) is 7.04. The largest absolute Gasteiger partial charge is 0.388 e. The van der Waals surface area contributed by atoms with Crippen LogP contribution >= 0.6 is 0 Å². The first-order chi connectivity index (χ1) is 8.58. The highest BCUT2D eigenvalue weighted by molar-refractivity contribution is 5.96. The first-order valence-corrected chi connectivity index (χ1v) is 6.67. The lowest BCUT2D eigenvalue weighted by molar-refractivity contribution is 0.0937. The van der Waals surface area contributed by atoms with Gasteiger partial charge in [0.15, 0.2) is 0 Å². The van der Waals surface area contributed by atoms with Crippen LogP contribution in [0.1, 0.15) is 49.0 Å². The summed E-state index contributed by atoms with van der Waals surface area (Å²) in [5, 5.41) is 6.12. The van der Waals surface area contributed by atoms with Gasteiger partial charge in [-0.15, -0.1) is 0 Å². The van der Waals surface area contributed by atoms with E-state index in [1.165, 1.54) is 0 Å². The molecule has 0 saturated carbocycles. The summed E-state index contributed by atoms with van der Waals surface area (Å²) in [6.07, 6.45) is 3.35. The number of rotatable bonds is 6. The van der Waals surface area contributed by atoms with E-state index in [0.717, 1.165) is 36.1 Å². The van der Waals surface area contributed by atoms with Crippen LogP contribution in [-0.4, -0.2) is 19.0 Å². The first kappa shape index (κ1) is 14.6. The van der Waals surface area contributed by atoms with Gasteiger partial charge in [-0.25, -0.2) is 0 Å². The monoisotopic (exact) mass is 248 g/mol. The Morgan fingerprint density at radius 2 is 2.11 bits per heavy atom. The Morgan fingerprint density at radius 3 is 2.67 bits per heavy atom. The maximum Gasteiger partial charge on any atom is 0.251 e. The number of hydrogen-bond donors (Lipinski definition) is 2. The number of nitrogens with one attached hydrogen (secondary N) is 2. The summed E-state index contributed by atoms with van der Waals surface area (Å²) in [4.78, 5) is 12.1. The zero-order valence-electron chi connectivity index (χ0n) is 11.8. The third kappa shape index (κ3) is 4.06. The number of carbonyl (C=O) groups excluding carboxylic acids is 1. The molecule has 0 aliphatic heterocycles. The molecule has 3 nitrogen and oxygen atoms in total. The van der Waals surface area contributed by atoms with Gasteiger partial charge in [0.1, 0.15) is 0 Å². The lowest BCUT2D eigenvalue weighted by Gasteiger charge is -2.15. The van der Waals surface area contributed by atoms with Crippen molar-refractivity contribution in [1.82, 2.24) is 5.32 Å². The van der Waals surface area contributed by atoms with Crippen molar-refractivity contribution >= 4 is 11.6 Å². The normalized spacial score (nSPS) is 12.0. The molecule has 2 N–H and O–H groups in total. The first-order valence-electron chi connectivity index (χ1n) is 6.67. The molecule has 18 heavy (non-hydrogen) atoms. The van der Waals surface area contributed by atoms with E-state index in [-0.39, 0.29) is 11.9 Å². The molecular weight excluding hydrogens is 224 g/mol. The van der Waals surface area contributed by atoms with Gasteiger partial charge in [-0.05, 0) is 44.0 Å². The minimum atomic E-state index is 0.0266. The van der Waals surface area contributed by atoms with Crippen molar-refractivity contribution in [3.8, 4) is 0 Å². The maximum atomic E-state index is 12.1. The van der Waals surface area contributed by atoms with E-state index in [1.807, 2.05) is 32.2 Å². The minimum Gasteiger partial charge on any atom is -0.388 e. The third-order valence-electron chi connectivity index (χ3n) is 3.13. The number of carbonyl (C=O) groups is 1. The Balaban J connectivity index is 2.66. The summed E-state index contributed by atoms with van der Waals surface area (Å²) in [6.45, 7) is 6.19. The van der Waals surface area contributed by atoms with Gasteiger partial charge in [-0.2, -0.15) is 0 Å². The summed E-state index contributed by atoms with van der Waals surface area (Å²) < 4.78 is 0. The molecule has 1 rings (SSSR count). The van der Waals surface area contributed by atoms with Crippen LogP contribution in [0, 0.1) is 6.92 Å². The summed E-state index contributed by atoms with van der Waals surface area (Å²) in [7, 11) is 1.88. The van der Waals surface area contributed by atoms with E-state index in [9.17, 15) is 4.79 Å². The smallest absolute Gasteiger partial charge is 0.251 e. The highest BCUT2D eigenvalue weighted by Crippen LogP contribution is 2.15. The zero-order chi connectivity index (χ0) is 13.5. The third-order valence-corrected chi connectivity index (χ3v) is 3.13. The minimum absolute atomic E-state index is 0.0266. The molecule has 1 amide bonds. The van der Waals surface area contributed by atoms with Crippen LogP contribution < -0.4 is 10.6 Å². The number of unbranched alkanes of at least 4 members (excludes halogenated alkanes) is 1. The van der Waals surface area contributed by atoms with Crippen molar-refractivity contribution in [3.05, 3.63) is 29.3 Å². The van der Waals surface area contributed by atoms with Gasteiger partial charge in [0.05, 0.1) is 0 Å². The standard InChI is InChI=1S/C15H24N2O/c1-5-6-7-12(3)17-15(18)14-9-8-13(16-4)10-11(14)2/h8-10,12,16H,5-7H2,1-4H3,(H,17,18). The fourth-order valence-corrected chi connectivity index (χ4v) is 1.96. The van der Waals surface area contributed by atoms with Gasteiger partial charge < -0.3 is 10.6 Å². The molecule has 0 aromatic heterocycles. The lowest BCUT2D eigenvalue weighted by Crippen LogP contribution is -2.32. The molecule has 100 valence electrons. The molecule has 1 aromatic carbocycles. The molecule has 0 heterocycles. The second-order valence-corrected chi connectivity index (χ2v) is 4.80. The van der Waals surface area contributed by atoms with E-state index >= 15 is 0 Å². The fourth-order valence-electron chi connectivity index (χ4n) is 1.96. The predicted octanol–water partition coefficient (Wildman–Crippen LogP) is 3.35. The van der Waals surface area contributed by atoms with Gasteiger partial charge in [0.2, 0.25) is 0 Å². The Bertz CT molecular complexity index is 401. The Hall–Kier alpha value is -1.51. The van der Waals surface area contributed by atoms with Crippen LogP contribution in [0.5, 0.6) is 0 Å². The number of aryl methyl sites for hydroxylation is 1. The van der Waals surface area contributed by atoms with Crippen molar-refractivity contribution in [2.24, 2.45) is 0 Å². The molecule has 0 aliphatic carbocycles. The number of anilines is 1. The van der Waals surface area contributed by atoms with Crippen molar-refractivity contribution < 1.29 is 4.79 Å². The Labute approximate surface area is 110 Å². The van der Waals surface area contributed by atoms with Crippen molar-refractivity contribution in [2.45, 2.75) is 46.1 Å². The van der Waals surface area contributed by atoms with E-state index in [0.29, 0.717) is 0 Å². The number of benzene rings is 1. The van der Waals surface area contributed by atoms with Crippen molar-refractivity contribution in [3.63, 3.8) is 0 Å². The zero-order valence-corrected chi connectivity index (χ0v) is 11.8. The summed E-state index contributed by atoms with van der Waals surface area (Å²) in [5.41, 5.74) is 2.79. The maximum absolute atomic E-state index is 12.1. The van der Waals surface area contributed by atoms with Gasteiger partial charge in [-0.1, -0.05) is 19.8 Å². The molecule has 0 aliphatic rings. The quantitative estimate of drug-likeness (QED) is 0.810. The lowest BCUT2D eigenvalue weighted by atomic mass is 10.1. The molecular formula is C15H24N2O. The van der Waals surface area contributed by atoms with Gasteiger partial charge in [0, 0.05) is 24.3 Å². The van der Waals surface area contributed by atoms with Crippen LogP contribution in [-0.2, 0) is 0 Å². The molecule has 0 bridgehead atoms. The second-order valence-electron chi connectivity index (χ2n) is 4.80. The summed E-state index contributed by atoms with van der Waals surface area (Å²) >= 11 is 0.